The summed E-state index contributed by atoms with van der Waals surface area (Å²) in [6, 6.07) is 16.6. The summed E-state index contributed by atoms with van der Waals surface area (Å²) in [7, 11) is 0. The lowest BCUT2D eigenvalue weighted by molar-refractivity contribution is -0.121. The molecule has 9 heteroatoms. The van der Waals surface area contributed by atoms with Crippen molar-refractivity contribution in [2.24, 2.45) is 5.92 Å². The van der Waals surface area contributed by atoms with Crippen LogP contribution in [0.4, 0.5) is 16.2 Å². The zero-order valence-electron chi connectivity index (χ0n) is 15.7. The van der Waals surface area contributed by atoms with Gasteiger partial charge in [-0.05, 0) is 53.6 Å². The topological polar surface area (TPSA) is 105 Å². The summed E-state index contributed by atoms with van der Waals surface area (Å²) in [6.45, 7) is 1.09. The van der Waals surface area contributed by atoms with Crippen molar-refractivity contribution in [2.75, 3.05) is 23.7 Å². The molecule has 1 aliphatic heterocycles. The maximum Gasteiger partial charge on any atom is 0.321 e. The molecule has 1 fully saturated rings. The highest BCUT2D eigenvalue weighted by atomic mass is 16.2. The summed E-state index contributed by atoms with van der Waals surface area (Å²) in [5, 5.41) is 16.9. The fourth-order valence-corrected chi connectivity index (χ4v) is 3.32. The molecule has 0 spiro atoms. The number of nitrogens with one attached hydrogen (secondary N) is 2. The lowest BCUT2D eigenvalue weighted by Crippen LogP contribution is -2.43. The van der Waals surface area contributed by atoms with Gasteiger partial charge in [-0.1, -0.05) is 24.3 Å². The Kier molecular flexibility index (Phi) is 5.46. The van der Waals surface area contributed by atoms with Gasteiger partial charge in [-0.25, -0.2) is 9.48 Å². The van der Waals surface area contributed by atoms with Crippen LogP contribution in [0, 0.1) is 5.92 Å². The fraction of sp³-hybridized carbons (Fsp3) is 0.250. The lowest BCUT2D eigenvalue weighted by atomic mass is 9.96. The van der Waals surface area contributed by atoms with E-state index in [0.717, 1.165) is 11.4 Å². The summed E-state index contributed by atoms with van der Waals surface area (Å²) in [5.41, 5.74) is 2.22. The van der Waals surface area contributed by atoms with Crippen molar-refractivity contribution in [3.63, 3.8) is 0 Å². The number of benzene rings is 2. The van der Waals surface area contributed by atoms with Gasteiger partial charge in [0.1, 0.15) is 6.33 Å². The van der Waals surface area contributed by atoms with Gasteiger partial charge in [0, 0.05) is 30.4 Å². The van der Waals surface area contributed by atoms with Crippen molar-refractivity contribution in [1.29, 1.82) is 0 Å². The molecule has 0 bridgehead atoms. The molecule has 4 rings (SSSR count). The molecule has 3 amide bonds. The second-order valence-electron chi connectivity index (χ2n) is 6.85. The second-order valence-corrected chi connectivity index (χ2v) is 6.85. The van der Waals surface area contributed by atoms with Gasteiger partial charge in [0.15, 0.2) is 0 Å². The Labute approximate surface area is 167 Å². The molecule has 2 aromatic carbocycles. The smallest absolute Gasteiger partial charge is 0.321 e. The highest BCUT2D eigenvalue weighted by Crippen LogP contribution is 2.21. The molecule has 9 nitrogen and oxygen atoms in total. The molecule has 148 valence electrons. The Bertz CT molecular complexity index is 968. The maximum absolute atomic E-state index is 12.7. The number of piperidine rings is 1. The number of para-hydroxylation sites is 1. The van der Waals surface area contributed by atoms with Gasteiger partial charge in [0.05, 0.1) is 5.69 Å². The van der Waals surface area contributed by atoms with E-state index in [9.17, 15) is 9.59 Å². The molecule has 1 aliphatic rings. The monoisotopic (exact) mass is 391 g/mol. The zero-order valence-corrected chi connectivity index (χ0v) is 15.7. The van der Waals surface area contributed by atoms with Gasteiger partial charge in [-0.2, -0.15) is 0 Å². The van der Waals surface area contributed by atoms with Gasteiger partial charge < -0.3 is 15.5 Å². The van der Waals surface area contributed by atoms with Crippen molar-refractivity contribution in [2.45, 2.75) is 12.8 Å². The zero-order chi connectivity index (χ0) is 20.1. The lowest BCUT2D eigenvalue weighted by Gasteiger charge is -2.31. The number of hydrogen-bond donors (Lipinski definition) is 2. The minimum atomic E-state index is -0.135. The number of carbonyl (C=O) groups excluding carboxylic acids is 2. The maximum atomic E-state index is 12.7. The molecule has 1 aromatic heterocycles. The Hall–Kier alpha value is -3.75. The number of amides is 3. The van der Waals surface area contributed by atoms with Crippen molar-refractivity contribution < 1.29 is 9.59 Å². The largest absolute Gasteiger partial charge is 0.326 e. The van der Waals surface area contributed by atoms with Crippen LogP contribution in [0.2, 0.25) is 0 Å². The van der Waals surface area contributed by atoms with E-state index in [2.05, 4.69) is 26.2 Å². The predicted octanol–water partition coefficient (Wildman–Crippen LogP) is 2.54. The van der Waals surface area contributed by atoms with Crippen LogP contribution in [0.1, 0.15) is 12.8 Å². The summed E-state index contributed by atoms with van der Waals surface area (Å²) < 4.78 is 1.53. The Balaban J connectivity index is 1.30. The number of anilines is 2. The van der Waals surface area contributed by atoms with E-state index in [1.165, 1.54) is 11.0 Å². The minimum Gasteiger partial charge on any atom is -0.326 e. The number of rotatable bonds is 4. The van der Waals surface area contributed by atoms with E-state index in [-0.39, 0.29) is 17.9 Å². The molecule has 0 saturated carbocycles. The molecular weight excluding hydrogens is 370 g/mol. The van der Waals surface area contributed by atoms with Crippen LogP contribution < -0.4 is 10.6 Å². The molecule has 2 N–H and O–H groups in total. The summed E-state index contributed by atoms with van der Waals surface area (Å²) >= 11 is 0. The van der Waals surface area contributed by atoms with Crippen LogP contribution >= 0.6 is 0 Å². The molecular formula is C20H21N7O2. The van der Waals surface area contributed by atoms with Crippen molar-refractivity contribution >= 4 is 23.3 Å². The first-order valence-electron chi connectivity index (χ1n) is 9.44. The molecule has 2 heterocycles. The first-order valence-corrected chi connectivity index (χ1v) is 9.44. The van der Waals surface area contributed by atoms with Gasteiger partial charge in [0.2, 0.25) is 5.91 Å². The fourth-order valence-electron chi connectivity index (χ4n) is 3.32. The van der Waals surface area contributed by atoms with Crippen LogP contribution in [0.25, 0.3) is 5.69 Å². The standard InChI is InChI=1S/C20H21N7O2/c28-19(22-17-7-4-8-18(13-17)27-14-21-24-25-27)15-9-11-26(12-10-15)20(29)23-16-5-2-1-3-6-16/h1-8,13-15H,9-12H2,(H,22,28)(H,23,29). The number of carbonyl (C=O) groups is 2. The number of aromatic nitrogens is 4. The number of urea groups is 1. The number of tetrazole rings is 1. The van der Waals surface area contributed by atoms with Crippen molar-refractivity contribution in [3.05, 3.63) is 60.9 Å². The molecule has 1 saturated heterocycles. The quantitative estimate of drug-likeness (QED) is 0.711. The van der Waals surface area contributed by atoms with Gasteiger partial charge >= 0.3 is 6.03 Å². The van der Waals surface area contributed by atoms with Crippen molar-refractivity contribution in [1.82, 2.24) is 25.1 Å². The normalized spacial score (nSPS) is 14.4. The van der Waals surface area contributed by atoms with Gasteiger partial charge in [-0.3, -0.25) is 4.79 Å². The van der Waals surface area contributed by atoms with E-state index < -0.39 is 0 Å². The van der Waals surface area contributed by atoms with E-state index in [1.807, 2.05) is 54.6 Å². The van der Waals surface area contributed by atoms with Crippen LogP contribution in [0.3, 0.4) is 0 Å². The Morgan fingerprint density at radius 3 is 2.41 bits per heavy atom. The van der Waals surface area contributed by atoms with E-state index >= 15 is 0 Å². The van der Waals surface area contributed by atoms with Gasteiger partial charge in [-0.15, -0.1) is 5.10 Å². The highest BCUT2D eigenvalue weighted by Gasteiger charge is 2.27. The van der Waals surface area contributed by atoms with Crippen LogP contribution in [-0.4, -0.2) is 50.1 Å². The average molecular weight is 391 g/mol. The molecule has 29 heavy (non-hydrogen) atoms. The Morgan fingerprint density at radius 1 is 0.931 bits per heavy atom. The highest BCUT2D eigenvalue weighted by molar-refractivity contribution is 5.93. The molecule has 0 unspecified atom stereocenters. The van der Waals surface area contributed by atoms with E-state index in [4.69, 9.17) is 0 Å². The number of nitrogens with zero attached hydrogens (tertiary/aromatic N) is 5. The summed E-state index contributed by atoms with van der Waals surface area (Å²) in [4.78, 5) is 26.8. The molecule has 0 radical (unpaired) electrons. The minimum absolute atomic E-state index is 0.0398. The molecule has 0 atom stereocenters. The second kappa shape index (κ2) is 8.51. The van der Waals surface area contributed by atoms with Gasteiger partial charge in [0.25, 0.3) is 0 Å². The molecule has 0 aliphatic carbocycles. The van der Waals surface area contributed by atoms with E-state index in [0.29, 0.717) is 31.6 Å². The van der Waals surface area contributed by atoms with Crippen molar-refractivity contribution in [3.8, 4) is 5.69 Å². The third-order valence-corrected chi connectivity index (χ3v) is 4.91. The predicted molar refractivity (Wildman–Crippen MR) is 108 cm³/mol. The van der Waals surface area contributed by atoms with Crippen LogP contribution in [0.5, 0.6) is 0 Å². The van der Waals surface area contributed by atoms with E-state index in [1.54, 1.807) is 4.90 Å². The first-order chi connectivity index (χ1) is 14.2. The number of hydrogen-bond acceptors (Lipinski definition) is 5. The Morgan fingerprint density at radius 2 is 1.69 bits per heavy atom. The summed E-state index contributed by atoms with van der Waals surface area (Å²) in [6.07, 6.45) is 2.75. The SMILES string of the molecule is O=C(Nc1cccc(-n2cnnn2)c1)C1CCN(C(=O)Nc2ccccc2)CC1. The third kappa shape index (κ3) is 4.57. The average Bonchev–Trinajstić information content (AvgIpc) is 3.30. The number of likely N-dealkylation sites (tertiary alicyclic amines) is 1. The third-order valence-electron chi connectivity index (χ3n) is 4.91. The summed E-state index contributed by atoms with van der Waals surface area (Å²) in [5.74, 6) is -0.172. The van der Waals surface area contributed by atoms with Crippen LogP contribution in [0.15, 0.2) is 60.9 Å². The molecule has 3 aromatic rings. The van der Waals surface area contributed by atoms with Crippen LogP contribution in [-0.2, 0) is 4.79 Å². The first kappa shape index (κ1) is 18.6.